The minimum atomic E-state index is -3.95. The summed E-state index contributed by atoms with van der Waals surface area (Å²) in [6, 6.07) is 21.9. The summed E-state index contributed by atoms with van der Waals surface area (Å²) >= 11 is 0. The number of imidazole rings is 1. The number of benzene rings is 3. The molecule has 2 aromatic heterocycles. The molecule has 5 rings (SSSR count). The number of nitrogens with zero attached hydrogens (tertiary/aromatic N) is 3. The molecule has 0 bridgehead atoms. The van der Waals surface area contributed by atoms with Crippen molar-refractivity contribution in [3.63, 3.8) is 0 Å². The molecule has 1 atom stereocenters. The van der Waals surface area contributed by atoms with Crippen molar-refractivity contribution >= 4 is 44.6 Å². The largest absolute Gasteiger partial charge is 0.449 e. The van der Waals surface area contributed by atoms with Gasteiger partial charge >= 0.3 is 5.97 Å². The lowest BCUT2D eigenvalue weighted by Crippen LogP contribution is -2.32. The van der Waals surface area contributed by atoms with Crippen LogP contribution in [0.1, 0.15) is 35.1 Å². The van der Waals surface area contributed by atoms with Gasteiger partial charge in [-0.25, -0.2) is 32.9 Å². The van der Waals surface area contributed by atoms with Crippen molar-refractivity contribution in [3.05, 3.63) is 95.8 Å². The van der Waals surface area contributed by atoms with E-state index >= 15 is 0 Å². The molecular weight excluding hydrogens is 556 g/mol. The number of anilines is 2. The smallest absolute Gasteiger partial charge is 0.338 e. The van der Waals surface area contributed by atoms with Gasteiger partial charge < -0.3 is 15.0 Å². The first kappa shape index (κ1) is 28.4. The lowest BCUT2D eigenvalue weighted by atomic mass is 10.2. The van der Waals surface area contributed by atoms with E-state index in [1.165, 1.54) is 24.3 Å². The molecule has 42 heavy (non-hydrogen) atoms. The van der Waals surface area contributed by atoms with Crippen LogP contribution < -0.4 is 10.0 Å². The van der Waals surface area contributed by atoms with Gasteiger partial charge in [-0.2, -0.15) is 0 Å². The molecule has 0 saturated carbocycles. The number of ether oxygens (including phenoxy) is 1. The first-order chi connectivity index (χ1) is 20.1. The topological polar surface area (TPSA) is 156 Å². The number of carbonyl (C=O) groups is 2. The zero-order valence-electron chi connectivity index (χ0n) is 23.1. The van der Waals surface area contributed by atoms with Crippen LogP contribution >= 0.6 is 0 Å². The Hall–Kier alpha value is -5.10. The van der Waals surface area contributed by atoms with Crippen LogP contribution in [0.4, 0.5) is 11.6 Å². The average molecular weight is 585 g/mol. The number of aromatic nitrogens is 4. The Kier molecular flexibility index (Phi) is 7.98. The van der Waals surface area contributed by atoms with Gasteiger partial charge in [-0.1, -0.05) is 37.3 Å². The van der Waals surface area contributed by atoms with Crippen LogP contribution in [-0.4, -0.2) is 46.3 Å². The number of fused-ring (bicyclic) bond motifs is 1. The molecule has 1 unspecified atom stereocenters. The fourth-order valence-corrected chi connectivity index (χ4v) is 5.22. The number of esters is 1. The Morgan fingerprint density at radius 2 is 1.60 bits per heavy atom. The number of H-pyrrole nitrogens is 1. The van der Waals surface area contributed by atoms with Crippen LogP contribution in [0, 0.1) is 13.8 Å². The van der Waals surface area contributed by atoms with E-state index in [1.54, 1.807) is 45.0 Å². The van der Waals surface area contributed by atoms with Crippen molar-refractivity contribution in [1.29, 1.82) is 0 Å². The number of rotatable bonds is 9. The Labute approximate surface area is 242 Å². The normalized spacial score (nSPS) is 12.1. The molecule has 12 heteroatoms. The zero-order valence-corrected chi connectivity index (χ0v) is 23.9. The van der Waals surface area contributed by atoms with Crippen LogP contribution in [0.15, 0.2) is 83.8 Å². The Bertz CT molecular complexity index is 1850. The Balaban J connectivity index is 1.23. The second kappa shape index (κ2) is 11.8. The fourth-order valence-electron chi connectivity index (χ4n) is 4.28. The number of sulfonamides is 1. The van der Waals surface area contributed by atoms with E-state index in [1.807, 2.05) is 30.3 Å². The van der Waals surface area contributed by atoms with E-state index in [0.717, 1.165) is 5.56 Å². The molecule has 11 nitrogen and oxygen atoms in total. The second-order valence-electron chi connectivity index (χ2n) is 9.58. The summed E-state index contributed by atoms with van der Waals surface area (Å²) in [6.45, 7) is 5.20. The molecule has 0 aliphatic heterocycles. The van der Waals surface area contributed by atoms with Gasteiger partial charge in [0, 0.05) is 22.6 Å². The molecule has 5 aromatic rings. The van der Waals surface area contributed by atoms with Crippen LogP contribution in [0.3, 0.4) is 0 Å². The summed E-state index contributed by atoms with van der Waals surface area (Å²) in [7, 11) is -3.95. The molecule has 0 saturated heterocycles. The number of hydrogen-bond acceptors (Lipinski definition) is 8. The van der Waals surface area contributed by atoms with E-state index in [9.17, 15) is 18.0 Å². The predicted octanol–water partition coefficient (Wildman–Crippen LogP) is 5.01. The highest BCUT2D eigenvalue weighted by atomic mass is 32.2. The van der Waals surface area contributed by atoms with Gasteiger partial charge in [0.2, 0.25) is 5.95 Å². The van der Waals surface area contributed by atoms with E-state index in [0.29, 0.717) is 33.9 Å². The van der Waals surface area contributed by atoms with E-state index in [-0.39, 0.29) is 22.8 Å². The lowest BCUT2D eigenvalue weighted by Gasteiger charge is -2.16. The summed E-state index contributed by atoms with van der Waals surface area (Å²) in [4.78, 5) is 41.8. The molecule has 2 heterocycles. The maximum absolute atomic E-state index is 12.9. The molecule has 3 aromatic carbocycles. The number of carbonyl (C=O) groups excluding carboxylic acids is 2. The average Bonchev–Trinajstić information content (AvgIpc) is 3.39. The third-order valence-corrected chi connectivity index (χ3v) is 7.66. The SMILES string of the molecule is CCC(OC(=O)c1ccc2nc(-c3ccccc3)[nH]c2c1)C(=O)Nc1ccc(S(=O)(=O)Nc2nc(C)cc(C)n2)cc1. The highest BCUT2D eigenvalue weighted by Crippen LogP contribution is 2.22. The third-order valence-electron chi connectivity index (χ3n) is 6.32. The molecule has 0 spiro atoms. The van der Waals surface area contributed by atoms with Crippen molar-refractivity contribution in [2.75, 3.05) is 10.0 Å². The fraction of sp³-hybridized carbons (Fsp3) is 0.167. The van der Waals surface area contributed by atoms with Crippen LogP contribution in [0.2, 0.25) is 0 Å². The van der Waals surface area contributed by atoms with Gasteiger partial charge in [0.25, 0.3) is 15.9 Å². The number of amides is 1. The van der Waals surface area contributed by atoms with Gasteiger partial charge in [0.1, 0.15) is 5.82 Å². The molecule has 1 amide bonds. The minimum Gasteiger partial charge on any atom is -0.449 e. The number of hydrogen-bond donors (Lipinski definition) is 3. The zero-order chi connectivity index (χ0) is 29.9. The quantitative estimate of drug-likeness (QED) is 0.204. The maximum atomic E-state index is 12.9. The Morgan fingerprint density at radius 3 is 2.26 bits per heavy atom. The predicted molar refractivity (Wildman–Crippen MR) is 158 cm³/mol. The van der Waals surface area contributed by atoms with Gasteiger partial charge in [0.05, 0.1) is 21.5 Å². The number of nitrogens with one attached hydrogen (secondary N) is 3. The van der Waals surface area contributed by atoms with E-state index in [2.05, 4.69) is 30.0 Å². The van der Waals surface area contributed by atoms with Crippen LogP contribution in [-0.2, 0) is 19.6 Å². The van der Waals surface area contributed by atoms with Crippen molar-refractivity contribution in [1.82, 2.24) is 19.9 Å². The summed E-state index contributed by atoms with van der Waals surface area (Å²) in [6.07, 6.45) is -0.837. The van der Waals surface area contributed by atoms with Crippen LogP contribution in [0.5, 0.6) is 0 Å². The summed E-state index contributed by atoms with van der Waals surface area (Å²) in [5, 5.41) is 2.67. The molecule has 0 fully saturated rings. The van der Waals surface area contributed by atoms with Crippen molar-refractivity contribution in [3.8, 4) is 11.4 Å². The van der Waals surface area contributed by atoms with E-state index in [4.69, 9.17) is 4.74 Å². The first-order valence-corrected chi connectivity index (χ1v) is 14.6. The summed E-state index contributed by atoms with van der Waals surface area (Å²) in [5.74, 6) is -0.552. The second-order valence-corrected chi connectivity index (χ2v) is 11.3. The van der Waals surface area contributed by atoms with Crippen molar-refractivity contribution in [2.45, 2.75) is 38.2 Å². The van der Waals surface area contributed by atoms with Gasteiger partial charge in [0.15, 0.2) is 6.10 Å². The number of aromatic amines is 1. The molecule has 0 aliphatic rings. The van der Waals surface area contributed by atoms with E-state index < -0.39 is 28.0 Å². The van der Waals surface area contributed by atoms with Crippen molar-refractivity contribution in [2.24, 2.45) is 0 Å². The molecule has 214 valence electrons. The summed E-state index contributed by atoms with van der Waals surface area (Å²) < 4.78 is 33.4. The van der Waals surface area contributed by atoms with Crippen LogP contribution in [0.25, 0.3) is 22.4 Å². The molecule has 0 aliphatic carbocycles. The third kappa shape index (κ3) is 6.44. The highest BCUT2D eigenvalue weighted by molar-refractivity contribution is 7.92. The first-order valence-electron chi connectivity index (χ1n) is 13.1. The maximum Gasteiger partial charge on any atom is 0.338 e. The number of aryl methyl sites for hydroxylation is 2. The minimum absolute atomic E-state index is 0.0270. The standard InChI is InChI=1S/C30H28N6O5S/c1-4-26(41-29(38)21-10-15-24-25(17-21)35-27(34-24)20-8-6-5-7-9-20)28(37)33-22-11-13-23(14-12-22)42(39,40)36-30-31-18(2)16-19(3)32-30/h5-17,26H,4H2,1-3H3,(H,33,37)(H,34,35)(H,31,32,36). The molecule has 0 radical (unpaired) electrons. The molecular formula is C30H28N6O5S. The van der Waals surface area contributed by atoms with Gasteiger partial charge in [-0.15, -0.1) is 0 Å². The van der Waals surface area contributed by atoms with Crippen molar-refractivity contribution < 1.29 is 22.7 Å². The highest BCUT2D eigenvalue weighted by Gasteiger charge is 2.23. The lowest BCUT2D eigenvalue weighted by molar-refractivity contribution is -0.124. The monoisotopic (exact) mass is 584 g/mol. The summed E-state index contributed by atoms with van der Waals surface area (Å²) in [5.41, 5.74) is 4.13. The van der Waals surface area contributed by atoms with Gasteiger partial charge in [-0.05, 0) is 68.8 Å². The van der Waals surface area contributed by atoms with Gasteiger partial charge in [-0.3, -0.25) is 4.79 Å². The molecule has 3 N–H and O–H groups in total. The Morgan fingerprint density at radius 1 is 0.905 bits per heavy atom.